The van der Waals surface area contributed by atoms with Crippen molar-refractivity contribution in [1.29, 1.82) is 0 Å². The molecule has 1 aliphatic rings. The molecule has 1 atom stereocenters. The Hall–Kier alpha value is -1.99. The highest BCUT2D eigenvalue weighted by Crippen LogP contribution is 2.26. The Morgan fingerprint density at radius 3 is 2.90 bits per heavy atom. The van der Waals surface area contributed by atoms with Gasteiger partial charge in [0.25, 0.3) is 5.69 Å². The first-order chi connectivity index (χ1) is 10.2. The van der Waals surface area contributed by atoms with E-state index in [1.54, 1.807) is 12.1 Å². The van der Waals surface area contributed by atoms with E-state index in [1.165, 1.54) is 23.5 Å². The largest absolute Gasteiger partial charge is 0.376 e. The summed E-state index contributed by atoms with van der Waals surface area (Å²) >= 11 is 1.53. The number of hydrogen-bond donors (Lipinski definition) is 1. The molecule has 0 unspecified atom stereocenters. The van der Waals surface area contributed by atoms with Crippen LogP contribution in [0.25, 0.3) is 11.3 Å². The van der Waals surface area contributed by atoms with E-state index in [1.807, 2.05) is 5.38 Å². The number of nitrogens with zero attached hydrogens (tertiary/aromatic N) is 2. The normalized spacial score (nSPS) is 17.8. The zero-order valence-electron chi connectivity index (χ0n) is 11.3. The molecule has 1 N–H and O–H groups in total. The number of benzene rings is 1. The number of aromatic nitrogens is 1. The minimum absolute atomic E-state index is 0.0886. The minimum atomic E-state index is -0.403. The minimum Gasteiger partial charge on any atom is -0.376 e. The van der Waals surface area contributed by atoms with Crippen molar-refractivity contribution >= 4 is 22.2 Å². The van der Waals surface area contributed by atoms with E-state index in [0.29, 0.717) is 0 Å². The third-order valence-electron chi connectivity index (χ3n) is 3.38. The lowest BCUT2D eigenvalue weighted by Crippen LogP contribution is -2.18. The fourth-order valence-corrected chi connectivity index (χ4v) is 2.98. The smallest absolute Gasteiger partial charge is 0.269 e. The molecule has 1 saturated heterocycles. The maximum atomic E-state index is 10.6. The molecule has 1 aliphatic heterocycles. The van der Waals surface area contributed by atoms with E-state index in [-0.39, 0.29) is 11.8 Å². The average molecular weight is 305 g/mol. The Morgan fingerprint density at radius 1 is 1.43 bits per heavy atom. The number of nitro groups is 1. The first-order valence-corrected chi connectivity index (χ1v) is 7.66. The van der Waals surface area contributed by atoms with Gasteiger partial charge in [-0.25, -0.2) is 4.98 Å². The van der Waals surface area contributed by atoms with Crippen molar-refractivity contribution in [3.8, 4) is 11.3 Å². The first-order valence-electron chi connectivity index (χ1n) is 6.78. The van der Waals surface area contributed by atoms with E-state index in [4.69, 9.17) is 4.74 Å². The average Bonchev–Trinajstić information content (AvgIpc) is 3.17. The quantitative estimate of drug-likeness (QED) is 0.677. The Labute approximate surface area is 125 Å². The van der Waals surface area contributed by atoms with Crippen molar-refractivity contribution in [2.24, 2.45) is 0 Å². The van der Waals surface area contributed by atoms with Crippen LogP contribution in [0.3, 0.4) is 0 Å². The molecular weight excluding hydrogens is 290 g/mol. The van der Waals surface area contributed by atoms with Crippen LogP contribution in [-0.4, -0.2) is 29.2 Å². The molecule has 1 aromatic heterocycles. The Morgan fingerprint density at radius 2 is 2.24 bits per heavy atom. The molecule has 0 spiro atoms. The van der Waals surface area contributed by atoms with Crippen LogP contribution in [0.2, 0.25) is 0 Å². The maximum Gasteiger partial charge on any atom is 0.269 e. The van der Waals surface area contributed by atoms with E-state index in [0.717, 1.165) is 42.4 Å². The van der Waals surface area contributed by atoms with Crippen molar-refractivity contribution in [2.75, 3.05) is 18.5 Å². The summed E-state index contributed by atoms with van der Waals surface area (Å²) in [5.41, 5.74) is 1.79. The van der Waals surface area contributed by atoms with Gasteiger partial charge < -0.3 is 10.1 Å². The third-order valence-corrected chi connectivity index (χ3v) is 4.18. The lowest BCUT2D eigenvalue weighted by Gasteiger charge is -2.09. The van der Waals surface area contributed by atoms with Gasteiger partial charge in [-0.05, 0) is 25.0 Å². The molecule has 110 valence electrons. The van der Waals surface area contributed by atoms with Gasteiger partial charge in [-0.1, -0.05) is 0 Å². The van der Waals surface area contributed by atoms with Crippen molar-refractivity contribution in [1.82, 2.24) is 4.98 Å². The molecule has 2 heterocycles. The van der Waals surface area contributed by atoms with E-state index in [9.17, 15) is 10.1 Å². The molecule has 21 heavy (non-hydrogen) atoms. The first kappa shape index (κ1) is 14.0. The number of rotatable bonds is 5. The number of non-ortho nitro benzene ring substituents is 1. The zero-order chi connectivity index (χ0) is 14.7. The van der Waals surface area contributed by atoms with Gasteiger partial charge in [-0.2, -0.15) is 0 Å². The lowest BCUT2D eigenvalue weighted by molar-refractivity contribution is -0.384. The molecule has 6 nitrogen and oxygen atoms in total. The summed E-state index contributed by atoms with van der Waals surface area (Å²) < 4.78 is 5.55. The van der Waals surface area contributed by atoms with Crippen LogP contribution in [-0.2, 0) is 4.74 Å². The molecule has 0 amide bonds. The number of nitro benzene ring substituents is 1. The van der Waals surface area contributed by atoms with Crippen LogP contribution < -0.4 is 5.32 Å². The number of hydrogen-bond acceptors (Lipinski definition) is 6. The van der Waals surface area contributed by atoms with Gasteiger partial charge >= 0.3 is 0 Å². The second-order valence-electron chi connectivity index (χ2n) is 4.86. The van der Waals surface area contributed by atoms with Crippen LogP contribution in [0.1, 0.15) is 12.8 Å². The second kappa shape index (κ2) is 6.19. The number of anilines is 1. The summed E-state index contributed by atoms with van der Waals surface area (Å²) in [6.07, 6.45) is 2.49. The predicted octanol–water partition coefficient (Wildman–Crippen LogP) is 3.31. The molecule has 0 bridgehead atoms. The Bertz CT molecular complexity index is 621. The van der Waals surface area contributed by atoms with Gasteiger partial charge in [0, 0.05) is 36.2 Å². The molecule has 1 fully saturated rings. The summed E-state index contributed by atoms with van der Waals surface area (Å²) in [4.78, 5) is 14.7. The van der Waals surface area contributed by atoms with Gasteiger partial charge in [0.05, 0.1) is 16.7 Å². The summed E-state index contributed by atoms with van der Waals surface area (Å²) in [5, 5.41) is 16.7. The molecular formula is C14H15N3O3S. The molecule has 0 aliphatic carbocycles. The summed E-state index contributed by atoms with van der Waals surface area (Å²) in [6.45, 7) is 1.62. The van der Waals surface area contributed by atoms with Crippen LogP contribution in [0.4, 0.5) is 10.8 Å². The van der Waals surface area contributed by atoms with E-state index in [2.05, 4.69) is 10.3 Å². The van der Waals surface area contributed by atoms with Crippen LogP contribution >= 0.6 is 11.3 Å². The fourth-order valence-electron chi connectivity index (χ4n) is 2.25. The molecule has 3 rings (SSSR count). The summed E-state index contributed by atoms with van der Waals surface area (Å²) in [5.74, 6) is 0. The lowest BCUT2D eigenvalue weighted by atomic mass is 10.1. The topological polar surface area (TPSA) is 77.3 Å². The SMILES string of the molecule is O=[N+]([O-])c1ccc(-c2csc(NC[C@H]3CCCO3)n2)cc1. The second-order valence-corrected chi connectivity index (χ2v) is 5.72. The van der Waals surface area contributed by atoms with Gasteiger partial charge in [0.1, 0.15) is 0 Å². The van der Waals surface area contributed by atoms with Crippen molar-refractivity contribution in [3.63, 3.8) is 0 Å². The van der Waals surface area contributed by atoms with Gasteiger partial charge in [0.15, 0.2) is 5.13 Å². The van der Waals surface area contributed by atoms with Crippen molar-refractivity contribution in [3.05, 3.63) is 39.8 Å². The zero-order valence-corrected chi connectivity index (χ0v) is 12.1. The molecule has 1 aromatic carbocycles. The highest BCUT2D eigenvalue weighted by Gasteiger charge is 2.15. The fraction of sp³-hybridized carbons (Fsp3) is 0.357. The molecule has 0 saturated carbocycles. The highest BCUT2D eigenvalue weighted by molar-refractivity contribution is 7.14. The summed E-state index contributed by atoms with van der Waals surface area (Å²) in [6, 6.07) is 6.43. The number of nitrogens with one attached hydrogen (secondary N) is 1. The van der Waals surface area contributed by atoms with Crippen LogP contribution in [0.15, 0.2) is 29.6 Å². The maximum absolute atomic E-state index is 10.6. The Kier molecular flexibility index (Phi) is 4.12. The highest BCUT2D eigenvalue weighted by atomic mass is 32.1. The van der Waals surface area contributed by atoms with Crippen molar-refractivity contribution in [2.45, 2.75) is 18.9 Å². The van der Waals surface area contributed by atoms with Crippen molar-refractivity contribution < 1.29 is 9.66 Å². The number of ether oxygens (including phenoxy) is 1. The monoisotopic (exact) mass is 305 g/mol. The van der Waals surface area contributed by atoms with Crippen LogP contribution in [0.5, 0.6) is 0 Å². The number of thiazole rings is 1. The molecule has 7 heteroatoms. The van der Waals surface area contributed by atoms with E-state index >= 15 is 0 Å². The van der Waals surface area contributed by atoms with E-state index < -0.39 is 4.92 Å². The molecule has 2 aromatic rings. The van der Waals surface area contributed by atoms with Gasteiger partial charge in [0.2, 0.25) is 0 Å². The third kappa shape index (κ3) is 3.37. The summed E-state index contributed by atoms with van der Waals surface area (Å²) in [7, 11) is 0. The van der Waals surface area contributed by atoms with Gasteiger partial charge in [-0.15, -0.1) is 11.3 Å². The molecule has 0 radical (unpaired) electrons. The standard InChI is InChI=1S/C14H15N3O3S/c18-17(19)11-5-3-10(4-6-11)13-9-21-14(16-13)15-8-12-2-1-7-20-12/h3-6,9,12H,1-2,7-8H2,(H,15,16)/t12-/m1/s1. The predicted molar refractivity (Wildman–Crippen MR) is 81.7 cm³/mol. The van der Waals surface area contributed by atoms with Crippen LogP contribution in [0, 0.1) is 10.1 Å². The Balaban J connectivity index is 1.64. The van der Waals surface area contributed by atoms with Gasteiger partial charge in [-0.3, -0.25) is 10.1 Å².